The highest BCUT2D eigenvalue weighted by atomic mass is 35.6. The van der Waals surface area contributed by atoms with Gasteiger partial charge in [0, 0.05) is 0 Å². The van der Waals surface area contributed by atoms with Gasteiger partial charge in [0.1, 0.15) is 0 Å². The Morgan fingerprint density at radius 3 is 1.40 bits per heavy atom. The molecule has 0 radical (unpaired) electrons. The summed E-state index contributed by atoms with van der Waals surface area (Å²) in [6, 6.07) is 1.34. The molecule has 0 rings (SSSR count). The predicted octanol–water partition coefficient (Wildman–Crippen LogP) is 5.72. The fourth-order valence-electron chi connectivity index (χ4n) is 1.58. The van der Waals surface area contributed by atoms with Crippen molar-refractivity contribution in [1.29, 1.82) is 0 Å². The van der Waals surface area contributed by atoms with Crippen LogP contribution in [0.4, 0.5) is 0 Å². The SMILES string of the molecule is CC(C)(C[Si](C)(C)C(C)(C)C)[Si](C)(C)Cl. The molecule has 0 N–H and O–H groups in total. The molecule has 0 aliphatic heterocycles. The highest BCUT2D eigenvalue weighted by molar-refractivity contribution is 7.21. The molecule has 0 fully saturated rings. The third-order valence-corrected chi connectivity index (χ3v) is 15.6. The number of halogens is 1. The van der Waals surface area contributed by atoms with Gasteiger partial charge in [-0.1, -0.05) is 66.9 Å². The van der Waals surface area contributed by atoms with Crippen LogP contribution < -0.4 is 0 Å². The second-order valence-corrected chi connectivity index (χ2v) is 20.4. The Kier molecular flexibility index (Phi) is 4.39. The molecular weight excluding hydrogens is 236 g/mol. The Labute approximate surface area is 104 Å². The van der Waals surface area contributed by atoms with Crippen LogP contribution in [-0.2, 0) is 0 Å². The second kappa shape index (κ2) is 4.19. The highest BCUT2D eigenvalue weighted by Gasteiger charge is 2.46. The summed E-state index contributed by atoms with van der Waals surface area (Å²) in [5.74, 6) is 0. The summed E-state index contributed by atoms with van der Waals surface area (Å²) >= 11 is 6.64. The predicted molar refractivity (Wildman–Crippen MR) is 79.4 cm³/mol. The zero-order chi connectivity index (χ0) is 12.7. The van der Waals surface area contributed by atoms with E-state index in [-0.39, 0.29) is 0 Å². The fraction of sp³-hybridized carbons (Fsp3) is 1.00. The monoisotopic (exact) mass is 264 g/mol. The Bertz CT molecular complexity index is 195. The molecule has 0 aromatic rings. The van der Waals surface area contributed by atoms with E-state index in [2.05, 4.69) is 60.8 Å². The van der Waals surface area contributed by atoms with E-state index < -0.39 is 15.5 Å². The summed E-state index contributed by atoms with van der Waals surface area (Å²) in [5.41, 5.74) is 0. The van der Waals surface area contributed by atoms with Crippen molar-refractivity contribution in [2.45, 2.75) is 76.9 Å². The molecule has 0 heterocycles. The molecule has 0 spiro atoms. The van der Waals surface area contributed by atoms with Gasteiger partial charge in [-0.3, -0.25) is 0 Å². The van der Waals surface area contributed by atoms with Gasteiger partial charge in [-0.15, -0.1) is 0 Å². The Morgan fingerprint density at radius 2 is 1.20 bits per heavy atom. The molecule has 0 atom stereocenters. The van der Waals surface area contributed by atoms with Gasteiger partial charge >= 0.3 is 0 Å². The van der Waals surface area contributed by atoms with Crippen LogP contribution in [0.1, 0.15) is 34.6 Å². The average Bonchev–Trinajstić information content (AvgIpc) is 1.77. The molecule has 0 aliphatic rings. The van der Waals surface area contributed by atoms with E-state index in [0.717, 1.165) is 0 Å². The van der Waals surface area contributed by atoms with Crippen LogP contribution in [0.15, 0.2) is 0 Å². The summed E-state index contributed by atoms with van der Waals surface area (Å²) in [7, 11) is -2.77. The Hall–Kier alpha value is 0.724. The zero-order valence-electron chi connectivity index (χ0n) is 12.1. The van der Waals surface area contributed by atoms with Crippen molar-refractivity contribution in [1.82, 2.24) is 0 Å². The maximum Gasteiger partial charge on any atom is 0.155 e. The minimum Gasteiger partial charge on any atom is -0.167 e. The third-order valence-electron chi connectivity index (χ3n) is 4.52. The van der Waals surface area contributed by atoms with E-state index in [1.54, 1.807) is 0 Å². The Balaban J connectivity index is 4.89. The summed E-state index contributed by atoms with van der Waals surface area (Å²) in [6.45, 7) is 21.5. The highest BCUT2D eigenvalue weighted by Crippen LogP contribution is 2.51. The van der Waals surface area contributed by atoms with Gasteiger partial charge in [-0.05, 0) is 10.1 Å². The van der Waals surface area contributed by atoms with Crippen LogP contribution in [0, 0.1) is 0 Å². The molecule has 0 saturated heterocycles. The lowest BCUT2D eigenvalue weighted by molar-refractivity contribution is 0.659. The van der Waals surface area contributed by atoms with Crippen LogP contribution in [0.5, 0.6) is 0 Å². The zero-order valence-corrected chi connectivity index (χ0v) is 14.8. The first-order valence-corrected chi connectivity index (χ1v) is 13.1. The summed E-state index contributed by atoms with van der Waals surface area (Å²) < 4.78 is 0. The molecule has 0 amide bonds. The minimum atomic E-state index is -1.57. The van der Waals surface area contributed by atoms with E-state index in [1.807, 2.05) is 0 Å². The van der Waals surface area contributed by atoms with Crippen molar-refractivity contribution in [3.8, 4) is 0 Å². The van der Waals surface area contributed by atoms with Crippen molar-refractivity contribution in [2.75, 3.05) is 0 Å². The van der Waals surface area contributed by atoms with E-state index in [4.69, 9.17) is 11.1 Å². The first-order valence-electron chi connectivity index (χ1n) is 5.90. The summed E-state index contributed by atoms with van der Waals surface area (Å²) in [4.78, 5) is 0. The van der Waals surface area contributed by atoms with Crippen LogP contribution in [0.2, 0.25) is 42.3 Å². The lowest BCUT2D eigenvalue weighted by atomic mass is 10.2. The molecule has 15 heavy (non-hydrogen) atoms. The second-order valence-electron chi connectivity index (χ2n) is 7.67. The molecule has 0 unspecified atom stereocenters. The standard InChI is InChI=1S/C12H29ClSi2/c1-11(2,3)14(6,7)10-12(4,5)15(8,9)13/h10H2,1-9H3. The summed E-state index contributed by atoms with van der Waals surface area (Å²) in [5, 5.41) is 0.818. The third kappa shape index (κ3) is 3.90. The molecule has 0 saturated carbocycles. The summed E-state index contributed by atoms with van der Waals surface area (Å²) in [6.07, 6.45) is 0. The van der Waals surface area contributed by atoms with Gasteiger partial charge in [0.05, 0.1) is 8.07 Å². The van der Waals surface area contributed by atoms with Crippen molar-refractivity contribution in [3.63, 3.8) is 0 Å². The van der Waals surface area contributed by atoms with Crippen molar-refractivity contribution < 1.29 is 0 Å². The minimum absolute atomic E-state index is 0.345. The molecule has 0 aliphatic carbocycles. The molecule has 0 aromatic heterocycles. The van der Waals surface area contributed by atoms with Crippen molar-refractivity contribution in [3.05, 3.63) is 0 Å². The maximum atomic E-state index is 6.64. The van der Waals surface area contributed by atoms with Gasteiger partial charge in [0.2, 0.25) is 0 Å². The molecule has 0 aromatic carbocycles. The average molecular weight is 265 g/mol. The first-order chi connectivity index (χ1) is 6.21. The van der Waals surface area contributed by atoms with Gasteiger partial charge < -0.3 is 0 Å². The van der Waals surface area contributed by atoms with E-state index in [9.17, 15) is 0 Å². The van der Waals surface area contributed by atoms with Gasteiger partial charge in [-0.2, -0.15) is 11.1 Å². The van der Waals surface area contributed by atoms with Crippen LogP contribution in [-0.4, -0.2) is 15.5 Å². The normalized spacial score (nSPS) is 15.6. The quantitative estimate of drug-likeness (QED) is 0.452. The largest absolute Gasteiger partial charge is 0.167 e. The topological polar surface area (TPSA) is 0 Å². The van der Waals surface area contributed by atoms with E-state index >= 15 is 0 Å². The molecule has 0 bridgehead atoms. The van der Waals surface area contributed by atoms with Gasteiger partial charge in [0.15, 0.2) is 7.38 Å². The lowest BCUT2D eigenvalue weighted by Crippen LogP contribution is -2.45. The molecule has 0 nitrogen and oxygen atoms in total. The Morgan fingerprint density at radius 1 is 0.867 bits per heavy atom. The number of rotatable bonds is 3. The van der Waals surface area contributed by atoms with Gasteiger partial charge in [-0.25, -0.2) is 0 Å². The van der Waals surface area contributed by atoms with Crippen LogP contribution in [0.25, 0.3) is 0 Å². The number of hydrogen-bond donors (Lipinski definition) is 0. The maximum absolute atomic E-state index is 6.64. The lowest BCUT2D eigenvalue weighted by Gasteiger charge is -2.46. The fourth-order valence-corrected chi connectivity index (χ4v) is 7.93. The molecule has 3 heteroatoms. The molecule has 92 valence electrons. The van der Waals surface area contributed by atoms with E-state index in [0.29, 0.717) is 10.1 Å². The van der Waals surface area contributed by atoms with E-state index in [1.165, 1.54) is 6.04 Å². The number of hydrogen-bond acceptors (Lipinski definition) is 0. The van der Waals surface area contributed by atoms with Crippen LogP contribution >= 0.6 is 11.1 Å². The van der Waals surface area contributed by atoms with Gasteiger partial charge in [0.25, 0.3) is 0 Å². The van der Waals surface area contributed by atoms with Crippen LogP contribution in [0.3, 0.4) is 0 Å². The van der Waals surface area contributed by atoms with Crippen molar-refractivity contribution in [2.24, 2.45) is 0 Å². The smallest absolute Gasteiger partial charge is 0.155 e. The first kappa shape index (κ1) is 15.7. The van der Waals surface area contributed by atoms with Crippen molar-refractivity contribution >= 4 is 26.5 Å². The molecular formula is C12H29ClSi2.